The van der Waals surface area contributed by atoms with Gasteiger partial charge in [-0.25, -0.2) is 13.1 Å². The van der Waals surface area contributed by atoms with E-state index < -0.39 is 9.84 Å². The fourth-order valence-electron chi connectivity index (χ4n) is 4.27. The lowest BCUT2D eigenvalue weighted by Gasteiger charge is -2.15. The van der Waals surface area contributed by atoms with Crippen molar-refractivity contribution < 1.29 is 22.7 Å². The van der Waals surface area contributed by atoms with E-state index in [0.29, 0.717) is 23.7 Å². The number of carbonyl (C=O) groups is 1. The molecule has 0 bridgehead atoms. The predicted molar refractivity (Wildman–Crippen MR) is 141 cm³/mol. The van der Waals surface area contributed by atoms with Crippen LogP contribution in [-0.2, 0) is 14.6 Å². The predicted octanol–water partition coefficient (Wildman–Crippen LogP) is 4.64. The first-order valence-corrected chi connectivity index (χ1v) is 13.9. The van der Waals surface area contributed by atoms with Crippen molar-refractivity contribution in [3.8, 4) is 22.8 Å². The molecule has 2 heterocycles. The highest BCUT2D eigenvalue weighted by atomic mass is 32.2. The van der Waals surface area contributed by atoms with E-state index in [1.807, 2.05) is 71.0 Å². The zero-order valence-electron chi connectivity index (χ0n) is 21.4. The van der Waals surface area contributed by atoms with Crippen molar-refractivity contribution in [2.24, 2.45) is 0 Å². The molecule has 9 heteroatoms. The molecule has 0 radical (unpaired) electrons. The summed E-state index contributed by atoms with van der Waals surface area (Å²) in [5.74, 6) is 1.66. The molecule has 192 valence electrons. The number of nitrogens with one attached hydrogen (secondary N) is 1. The number of aryl methyl sites for hydroxylation is 2. The molecule has 2 aromatic carbocycles. The van der Waals surface area contributed by atoms with Crippen molar-refractivity contribution >= 4 is 21.6 Å². The average Bonchev–Trinajstić information content (AvgIpc) is 3.38. The molecule has 36 heavy (non-hydrogen) atoms. The highest BCUT2D eigenvalue weighted by Crippen LogP contribution is 2.32. The highest BCUT2D eigenvalue weighted by molar-refractivity contribution is 7.91. The Hall–Kier alpha value is -3.33. The van der Waals surface area contributed by atoms with Crippen molar-refractivity contribution in [3.63, 3.8) is 0 Å². The molecule has 1 amide bonds. The molecule has 0 aliphatic carbocycles. The molecule has 1 aliphatic heterocycles. The molecular formula is C27H33N3O5S. The Morgan fingerprint density at radius 1 is 1.11 bits per heavy atom. The summed E-state index contributed by atoms with van der Waals surface area (Å²) in [5, 5.41) is 7.59. The van der Waals surface area contributed by atoms with Crippen LogP contribution in [0, 0.1) is 20.8 Å². The summed E-state index contributed by atoms with van der Waals surface area (Å²) >= 11 is 0. The van der Waals surface area contributed by atoms with Gasteiger partial charge in [-0.3, -0.25) is 4.79 Å². The van der Waals surface area contributed by atoms with E-state index in [-0.39, 0.29) is 36.2 Å². The smallest absolute Gasteiger partial charge is 0.263 e. The molecular weight excluding hydrogens is 478 g/mol. The molecule has 8 nitrogen and oxygen atoms in total. The lowest BCUT2D eigenvalue weighted by molar-refractivity contribution is -0.118. The molecule has 0 unspecified atom stereocenters. The summed E-state index contributed by atoms with van der Waals surface area (Å²) in [6, 6.07) is 12.9. The normalized spacial score (nSPS) is 16.8. The number of ether oxygens (including phenoxy) is 2. The minimum Gasteiger partial charge on any atom is -0.491 e. The first-order chi connectivity index (χ1) is 17.0. The standard InChI is InChI=1S/C27H33N3O5S/c1-17(2)35-24-10-9-21(13-19(24)4)23-14-26(30(29-23)22-11-12-36(32,33)16-22)28-27(31)15-34-25-8-6-7-18(3)20(25)5/h6-10,13-14,17,22H,11-12,15-16H2,1-5H3,(H,28,31)/t22-/m1/s1. The van der Waals surface area contributed by atoms with Crippen LogP contribution in [0.25, 0.3) is 11.3 Å². The topological polar surface area (TPSA) is 99.5 Å². The first kappa shape index (κ1) is 25.8. The number of nitrogens with zero attached hydrogens (tertiary/aromatic N) is 2. The molecule has 1 aromatic heterocycles. The molecule has 1 fully saturated rings. The van der Waals surface area contributed by atoms with Crippen molar-refractivity contribution in [3.05, 3.63) is 59.2 Å². The van der Waals surface area contributed by atoms with Crippen molar-refractivity contribution in [1.29, 1.82) is 0 Å². The lowest BCUT2D eigenvalue weighted by Crippen LogP contribution is -2.24. The SMILES string of the molecule is Cc1cc(-c2cc(NC(=O)COc3cccc(C)c3C)n([C@@H]3CCS(=O)(=O)C3)n2)ccc1OC(C)C. The van der Waals surface area contributed by atoms with Gasteiger partial charge in [0.15, 0.2) is 16.4 Å². The van der Waals surface area contributed by atoms with Crippen LogP contribution in [0.5, 0.6) is 11.5 Å². The summed E-state index contributed by atoms with van der Waals surface area (Å²) in [5.41, 5.74) is 4.52. The fourth-order valence-corrected chi connectivity index (χ4v) is 5.97. The van der Waals surface area contributed by atoms with Crippen molar-refractivity contribution in [1.82, 2.24) is 9.78 Å². The summed E-state index contributed by atoms with van der Waals surface area (Å²) in [7, 11) is -3.14. The fraction of sp³-hybridized carbons (Fsp3) is 0.407. The van der Waals surface area contributed by atoms with Gasteiger partial charge in [0, 0.05) is 11.6 Å². The molecule has 3 aromatic rings. The summed E-state index contributed by atoms with van der Waals surface area (Å²) in [6.45, 7) is 9.68. The lowest BCUT2D eigenvalue weighted by atomic mass is 10.1. The van der Waals surface area contributed by atoms with Gasteiger partial charge in [-0.15, -0.1) is 0 Å². The minimum absolute atomic E-state index is 0.00380. The molecule has 1 aliphatic rings. The second-order valence-corrected chi connectivity index (χ2v) is 11.8. The number of carbonyl (C=O) groups excluding carboxylic acids is 1. The Balaban J connectivity index is 1.58. The molecule has 0 spiro atoms. The Kier molecular flexibility index (Phi) is 7.40. The number of amides is 1. The van der Waals surface area contributed by atoms with Crippen LogP contribution in [0.1, 0.15) is 43.0 Å². The Morgan fingerprint density at radius 2 is 1.89 bits per heavy atom. The van der Waals surface area contributed by atoms with Crippen LogP contribution in [-0.4, -0.2) is 48.3 Å². The van der Waals surface area contributed by atoms with E-state index in [4.69, 9.17) is 14.6 Å². The van der Waals surface area contributed by atoms with Gasteiger partial charge in [-0.05, 0) is 82.0 Å². The van der Waals surface area contributed by atoms with Gasteiger partial charge >= 0.3 is 0 Å². The van der Waals surface area contributed by atoms with Gasteiger partial charge in [-0.1, -0.05) is 12.1 Å². The number of hydrogen-bond acceptors (Lipinski definition) is 6. The van der Waals surface area contributed by atoms with Gasteiger partial charge in [0.25, 0.3) is 5.91 Å². The van der Waals surface area contributed by atoms with Gasteiger partial charge in [0.1, 0.15) is 17.3 Å². The summed E-state index contributed by atoms with van der Waals surface area (Å²) < 4.78 is 37.5. The van der Waals surface area contributed by atoms with Crippen LogP contribution in [0.15, 0.2) is 42.5 Å². The molecule has 4 rings (SSSR count). The Labute approximate surface area is 212 Å². The number of sulfone groups is 1. The zero-order valence-corrected chi connectivity index (χ0v) is 22.2. The maximum absolute atomic E-state index is 12.8. The average molecular weight is 512 g/mol. The number of aromatic nitrogens is 2. The molecule has 1 atom stereocenters. The Bertz CT molecular complexity index is 1380. The Morgan fingerprint density at radius 3 is 2.56 bits per heavy atom. The zero-order chi connectivity index (χ0) is 26.0. The maximum atomic E-state index is 12.8. The van der Waals surface area contributed by atoms with Gasteiger partial charge in [-0.2, -0.15) is 5.10 Å². The van der Waals surface area contributed by atoms with Crippen LogP contribution in [0.4, 0.5) is 5.82 Å². The van der Waals surface area contributed by atoms with Gasteiger partial charge < -0.3 is 14.8 Å². The van der Waals surface area contributed by atoms with Crippen LogP contribution < -0.4 is 14.8 Å². The third kappa shape index (κ3) is 5.90. The van der Waals surface area contributed by atoms with E-state index in [0.717, 1.165) is 28.0 Å². The van der Waals surface area contributed by atoms with Gasteiger partial charge in [0.2, 0.25) is 0 Å². The second kappa shape index (κ2) is 10.3. The highest BCUT2D eigenvalue weighted by Gasteiger charge is 2.32. The number of anilines is 1. The first-order valence-electron chi connectivity index (χ1n) is 12.1. The van der Waals surface area contributed by atoms with Gasteiger partial charge in [0.05, 0.1) is 29.3 Å². The van der Waals surface area contributed by atoms with E-state index in [1.165, 1.54) is 0 Å². The van der Waals surface area contributed by atoms with Crippen LogP contribution in [0.2, 0.25) is 0 Å². The summed E-state index contributed by atoms with van der Waals surface area (Å²) in [4.78, 5) is 12.8. The molecule has 1 saturated heterocycles. The molecule has 0 saturated carbocycles. The third-order valence-electron chi connectivity index (χ3n) is 6.30. The third-order valence-corrected chi connectivity index (χ3v) is 8.05. The van der Waals surface area contributed by atoms with E-state index in [2.05, 4.69) is 5.32 Å². The van der Waals surface area contributed by atoms with E-state index in [1.54, 1.807) is 10.7 Å². The van der Waals surface area contributed by atoms with Crippen LogP contribution in [0.3, 0.4) is 0 Å². The number of rotatable bonds is 8. The minimum atomic E-state index is -3.14. The number of benzene rings is 2. The largest absolute Gasteiger partial charge is 0.491 e. The summed E-state index contributed by atoms with van der Waals surface area (Å²) in [6.07, 6.45) is 0.511. The second-order valence-electron chi connectivity index (χ2n) is 9.60. The number of hydrogen-bond donors (Lipinski definition) is 1. The quantitative estimate of drug-likeness (QED) is 0.473. The van der Waals surface area contributed by atoms with Crippen LogP contribution >= 0.6 is 0 Å². The van der Waals surface area contributed by atoms with E-state index in [9.17, 15) is 13.2 Å². The maximum Gasteiger partial charge on any atom is 0.263 e. The van der Waals surface area contributed by atoms with Crippen molar-refractivity contribution in [2.75, 3.05) is 23.4 Å². The van der Waals surface area contributed by atoms with E-state index >= 15 is 0 Å². The van der Waals surface area contributed by atoms with Crippen molar-refractivity contribution in [2.45, 2.75) is 53.2 Å². The molecule has 1 N–H and O–H groups in total. The monoisotopic (exact) mass is 511 g/mol.